The number of hydrogen-bond acceptors (Lipinski definition) is 3. The van der Waals surface area contributed by atoms with Crippen LogP contribution in [0.15, 0.2) is 23.1 Å². The molecule has 0 bridgehead atoms. The molecule has 1 aliphatic rings. The molecule has 1 aromatic rings. The van der Waals surface area contributed by atoms with E-state index in [4.69, 9.17) is 0 Å². The molecular formula is C14H20FNO3S. The van der Waals surface area contributed by atoms with Crippen molar-refractivity contribution in [2.75, 3.05) is 6.54 Å². The molecule has 0 aromatic heterocycles. The third-order valence-electron chi connectivity index (χ3n) is 3.73. The summed E-state index contributed by atoms with van der Waals surface area (Å²) >= 11 is 0. The van der Waals surface area contributed by atoms with Crippen molar-refractivity contribution in [2.24, 2.45) is 0 Å². The molecule has 1 aliphatic heterocycles. The van der Waals surface area contributed by atoms with E-state index in [1.165, 1.54) is 16.4 Å². The molecule has 0 unspecified atom stereocenters. The largest absolute Gasteiger partial charge is 0.392 e. The van der Waals surface area contributed by atoms with E-state index < -0.39 is 28.0 Å². The standard InChI is InChI=1S/C14H20FNO3S/c1-10-6-7-14(12(15)9-10)20(18,19)16-8-4-3-5-13(16)11(2)17/h6-7,9,11,13,17H,3-5,8H2,1-2H3/t11-,13+/m1/s1. The summed E-state index contributed by atoms with van der Waals surface area (Å²) in [5, 5.41) is 9.77. The van der Waals surface area contributed by atoms with Crippen LogP contribution in [0.3, 0.4) is 0 Å². The molecule has 1 fully saturated rings. The minimum atomic E-state index is -3.91. The second kappa shape index (κ2) is 5.79. The smallest absolute Gasteiger partial charge is 0.246 e. The summed E-state index contributed by atoms with van der Waals surface area (Å²) in [5.74, 6) is -0.736. The van der Waals surface area contributed by atoms with Gasteiger partial charge in [0.1, 0.15) is 10.7 Å². The van der Waals surface area contributed by atoms with Gasteiger partial charge < -0.3 is 5.11 Å². The molecule has 1 heterocycles. The number of aryl methyl sites for hydroxylation is 1. The predicted octanol–water partition coefficient (Wildman–Crippen LogP) is 2.06. The van der Waals surface area contributed by atoms with Gasteiger partial charge in [0.2, 0.25) is 10.0 Å². The molecule has 1 saturated heterocycles. The van der Waals surface area contributed by atoms with Crippen LogP contribution < -0.4 is 0 Å². The Bertz CT molecular complexity index is 586. The molecule has 20 heavy (non-hydrogen) atoms. The molecule has 0 spiro atoms. The van der Waals surface area contributed by atoms with E-state index in [0.29, 0.717) is 18.5 Å². The molecule has 6 heteroatoms. The van der Waals surface area contributed by atoms with Gasteiger partial charge in [-0.1, -0.05) is 12.5 Å². The van der Waals surface area contributed by atoms with Crippen molar-refractivity contribution in [1.82, 2.24) is 4.31 Å². The van der Waals surface area contributed by atoms with Crippen molar-refractivity contribution in [1.29, 1.82) is 0 Å². The minimum absolute atomic E-state index is 0.310. The molecule has 0 aliphatic carbocycles. The fourth-order valence-corrected chi connectivity index (χ4v) is 4.46. The van der Waals surface area contributed by atoms with Crippen LogP contribution in [-0.4, -0.2) is 36.5 Å². The minimum Gasteiger partial charge on any atom is -0.392 e. The van der Waals surface area contributed by atoms with Crippen LogP contribution >= 0.6 is 0 Å². The molecule has 112 valence electrons. The van der Waals surface area contributed by atoms with Gasteiger partial charge >= 0.3 is 0 Å². The zero-order chi connectivity index (χ0) is 14.9. The number of rotatable bonds is 3. The number of halogens is 1. The fraction of sp³-hybridized carbons (Fsp3) is 0.571. The van der Waals surface area contributed by atoms with Gasteiger partial charge in [-0.2, -0.15) is 4.31 Å². The van der Waals surface area contributed by atoms with Crippen LogP contribution in [0.4, 0.5) is 4.39 Å². The van der Waals surface area contributed by atoms with Crippen molar-refractivity contribution < 1.29 is 17.9 Å². The van der Waals surface area contributed by atoms with E-state index in [9.17, 15) is 17.9 Å². The normalized spacial score (nSPS) is 22.7. The summed E-state index contributed by atoms with van der Waals surface area (Å²) in [4.78, 5) is -0.310. The molecule has 4 nitrogen and oxygen atoms in total. The maximum atomic E-state index is 14.0. The third-order valence-corrected chi connectivity index (χ3v) is 5.69. The van der Waals surface area contributed by atoms with E-state index in [2.05, 4.69) is 0 Å². The van der Waals surface area contributed by atoms with E-state index in [1.54, 1.807) is 19.9 Å². The first-order valence-electron chi connectivity index (χ1n) is 6.80. The number of piperidine rings is 1. The average molecular weight is 301 g/mol. The Labute approximate surface area is 119 Å². The molecule has 1 aromatic carbocycles. The van der Waals surface area contributed by atoms with Crippen molar-refractivity contribution in [3.05, 3.63) is 29.6 Å². The quantitative estimate of drug-likeness (QED) is 0.929. The lowest BCUT2D eigenvalue weighted by Gasteiger charge is -2.36. The van der Waals surface area contributed by atoms with Crippen LogP contribution in [-0.2, 0) is 10.0 Å². The summed E-state index contributed by atoms with van der Waals surface area (Å²) in [6, 6.07) is 3.62. The van der Waals surface area contributed by atoms with Crippen molar-refractivity contribution >= 4 is 10.0 Å². The Kier molecular flexibility index (Phi) is 4.46. The maximum Gasteiger partial charge on any atom is 0.246 e. The Morgan fingerprint density at radius 1 is 1.40 bits per heavy atom. The molecule has 1 N–H and O–H groups in total. The van der Waals surface area contributed by atoms with E-state index in [-0.39, 0.29) is 4.90 Å². The van der Waals surface area contributed by atoms with Gasteiger partial charge in [0.25, 0.3) is 0 Å². The van der Waals surface area contributed by atoms with Gasteiger partial charge in [0.05, 0.1) is 12.1 Å². The Hall–Kier alpha value is -0.980. The van der Waals surface area contributed by atoms with Crippen LogP contribution in [0, 0.1) is 12.7 Å². The molecular weight excluding hydrogens is 281 g/mol. The first-order chi connectivity index (χ1) is 9.34. The van der Waals surface area contributed by atoms with Gasteiger partial charge in [-0.05, 0) is 44.4 Å². The zero-order valence-corrected chi connectivity index (χ0v) is 12.5. The van der Waals surface area contributed by atoms with E-state index >= 15 is 0 Å². The Morgan fingerprint density at radius 2 is 2.10 bits per heavy atom. The highest BCUT2D eigenvalue weighted by Crippen LogP contribution is 2.28. The number of sulfonamides is 1. The number of benzene rings is 1. The second-order valence-electron chi connectivity index (χ2n) is 5.35. The van der Waals surface area contributed by atoms with Crippen molar-refractivity contribution in [3.8, 4) is 0 Å². The zero-order valence-electron chi connectivity index (χ0n) is 11.7. The monoisotopic (exact) mass is 301 g/mol. The van der Waals surface area contributed by atoms with Gasteiger partial charge in [0, 0.05) is 6.54 Å². The van der Waals surface area contributed by atoms with Crippen LogP contribution in [0.1, 0.15) is 31.7 Å². The van der Waals surface area contributed by atoms with E-state index in [0.717, 1.165) is 12.8 Å². The van der Waals surface area contributed by atoms with Gasteiger partial charge in [0.15, 0.2) is 0 Å². The molecule has 2 atom stereocenters. The van der Waals surface area contributed by atoms with Crippen LogP contribution in [0.5, 0.6) is 0 Å². The van der Waals surface area contributed by atoms with Crippen molar-refractivity contribution in [2.45, 2.75) is 50.2 Å². The highest BCUT2D eigenvalue weighted by Gasteiger charge is 2.37. The second-order valence-corrected chi connectivity index (χ2v) is 7.21. The van der Waals surface area contributed by atoms with Gasteiger partial charge in [-0.3, -0.25) is 0 Å². The summed E-state index contributed by atoms with van der Waals surface area (Å²) in [6.07, 6.45) is 1.44. The topological polar surface area (TPSA) is 57.6 Å². The Morgan fingerprint density at radius 3 is 2.70 bits per heavy atom. The lowest BCUT2D eigenvalue weighted by atomic mass is 10.0. The number of hydrogen-bond donors (Lipinski definition) is 1. The van der Waals surface area contributed by atoms with Crippen LogP contribution in [0.2, 0.25) is 0 Å². The fourth-order valence-electron chi connectivity index (χ4n) is 2.65. The lowest BCUT2D eigenvalue weighted by molar-refractivity contribution is 0.0830. The van der Waals surface area contributed by atoms with Crippen LogP contribution in [0.25, 0.3) is 0 Å². The van der Waals surface area contributed by atoms with Gasteiger partial charge in [-0.25, -0.2) is 12.8 Å². The number of aliphatic hydroxyl groups is 1. The number of nitrogens with zero attached hydrogens (tertiary/aromatic N) is 1. The molecule has 0 radical (unpaired) electrons. The highest BCUT2D eigenvalue weighted by atomic mass is 32.2. The number of aliphatic hydroxyl groups excluding tert-OH is 1. The predicted molar refractivity (Wildman–Crippen MR) is 74.3 cm³/mol. The summed E-state index contributed by atoms with van der Waals surface area (Å²) < 4.78 is 40.4. The molecule has 2 rings (SSSR count). The SMILES string of the molecule is Cc1ccc(S(=O)(=O)N2CCCC[C@H]2[C@@H](C)O)c(F)c1. The van der Waals surface area contributed by atoms with E-state index in [1.807, 2.05) is 0 Å². The average Bonchev–Trinajstić information content (AvgIpc) is 2.38. The Balaban J connectivity index is 2.42. The third kappa shape index (κ3) is 2.87. The first kappa shape index (κ1) is 15.4. The lowest BCUT2D eigenvalue weighted by Crippen LogP contribution is -2.48. The van der Waals surface area contributed by atoms with Crippen molar-refractivity contribution in [3.63, 3.8) is 0 Å². The molecule has 0 amide bonds. The maximum absolute atomic E-state index is 14.0. The highest BCUT2D eigenvalue weighted by molar-refractivity contribution is 7.89. The summed E-state index contributed by atoms with van der Waals surface area (Å²) in [5.41, 5.74) is 0.673. The molecule has 0 saturated carbocycles. The summed E-state index contributed by atoms with van der Waals surface area (Å²) in [6.45, 7) is 3.61. The summed E-state index contributed by atoms with van der Waals surface area (Å²) in [7, 11) is -3.91. The first-order valence-corrected chi connectivity index (χ1v) is 8.24. The van der Waals surface area contributed by atoms with Gasteiger partial charge in [-0.15, -0.1) is 0 Å².